The van der Waals surface area contributed by atoms with E-state index >= 15 is 0 Å². The summed E-state index contributed by atoms with van der Waals surface area (Å²) in [6.07, 6.45) is 2.05. The molecule has 1 heterocycles. The molecule has 27 heavy (non-hydrogen) atoms. The number of anilines is 1. The predicted molar refractivity (Wildman–Crippen MR) is 112 cm³/mol. The molecule has 0 bridgehead atoms. The Morgan fingerprint density at radius 3 is 2.41 bits per heavy atom. The zero-order chi connectivity index (χ0) is 18.5. The topological polar surface area (TPSA) is 33.3 Å². The van der Waals surface area contributed by atoms with Crippen LogP contribution in [0.4, 0.5) is 5.69 Å². The summed E-state index contributed by atoms with van der Waals surface area (Å²) >= 11 is 6.49. The van der Waals surface area contributed by atoms with Crippen molar-refractivity contribution in [2.24, 2.45) is 0 Å². The summed E-state index contributed by atoms with van der Waals surface area (Å²) < 4.78 is 5.86. The van der Waals surface area contributed by atoms with Gasteiger partial charge in [-0.25, -0.2) is 0 Å². The van der Waals surface area contributed by atoms with Gasteiger partial charge in [0.05, 0.1) is 10.7 Å². The average molecular weight is 379 g/mol. The number of hydrogen-bond acceptors (Lipinski definition) is 3. The highest BCUT2D eigenvalue weighted by molar-refractivity contribution is 6.33. The molecular weight excluding hydrogens is 356 g/mol. The van der Waals surface area contributed by atoms with Crippen molar-refractivity contribution in [3.8, 4) is 11.5 Å². The summed E-state index contributed by atoms with van der Waals surface area (Å²) in [5, 5.41) is 7.80. The lowest BCUT2D eigenvalue weighted by atomic mass is 10.0. The number of fused-ring (bicyclic) bond motifs is 1. The quantitative estimate of drug-likeness (QED) is 0.620. The number of para-hydroxylation sites is 1. The zero-order valence-corrected chi connectivity index (χ0v) is 15.9. The number of halogens is 1. The van der Waals surface area contributed by atoms with Crippen molar-refractivity contribution in [1.82, 2.24) is 5.32 Å². The molecule has 0 aromatic heterocycles. The molecule has 4 heteroatoms. The van der Waals surface area contributed by atoms with Gasteiger partial charge < -0.3 is 15.4 Å². The van der Waals surface area contributed by atoms with Crippen LogP contribution in [0.15, 0.2) is 66.7 Å². The van der Waals surface area contributed by atoms with E-state index in [9.17, 15) is 0 Å². The summed E-state index contributed by atoms with van der Waals surface area (Å²) in [6.45, 7) is 2.75. The van der Waals surface area contributed by atoms with Crippen molar-refractivity contribution in [1.29, 1.82) is 0 Å². The van der Waals surface area contributed by atoms with E-state index in [-0.39, 0.29) is 0 Å². The Hall–Kier alpha value is -2.49. The van der Waals surface area contributed by atoms with Crippen LogP contribution in [0.5, 0.6) is 11.5 Å². The monoisotopic (exact) mass is 378 g/mol. The van der Waals surface area contributed by atoms with Crippen molar-refractivity contribution in [2.75, 3.05) is 18.4 Å². The molecule has 3 nitrogen and oxygen atoms in total. The second-order valence-corrected chi connectivity index (χ2v) is 7.13. The summed E-state index contributed by atoms with van der Waals surface area (Å²) in [4.78, 5) is 0. The van der Waals surface area contributed by atoms with Gasteiger partial charge in [-0.3, -0.25) is 0 Å². The first-order valence-corrected chi connectivity index (χ1v) is 9.74. The van der Waals surface area contributed by atoms with E-state index in [4.69, 9.17) is 16.3 Å². The van der Waals surface area contributed by atoms with Crippen LogP contribution in [-0.2, 0) is 19.4 Å². The fourth-order valence-corrected chi connectivity index (χ4v) is 3.67. The Morgan fingerprint density at radius 2 is 1.59 bits per heavy atom. The summed E-state index contributed by atoms with van der Waals surface area (Å²) in [7, 11) is 0. The van der Waals surface area contributed by atoms with Crippen molar-refractivity contribution in [2.45, 2.75) is 19.4 Å². The Balaban J connectivity index is 1.45. The molecule has 0 saturated carbocycles. The van der Waals surface area contributed by atoms with Crippen molar-refractivity contribution in [3.05, 3.63) is 88.4 Å². The molecule has 4 rings (SSSR count). The van der Waals surface area contributed by atoms with Crippen LogP contribution < -0.4 is 15.4 Å². The van der Waals surface area contributed by atoms with Crippen molar-refractivity contribution < 1.29 is 4.74 Å². The smallest absolute Gasteiger partial charge is 0.127 e. The molecule has 0 radical (unpaired) electrons. The molecule has 3 aromatic rings. The number of nitrogens with one attached hydrogen (secondary N) is 2. The standard InChI is InChI=1S/C23H23ClN2O/c24-22-11-8-18-12-14-25-15-13-21(18)23(22)26-16-17-6-9-20(10-7-17)27-19-4-2-1-3-5-19/h1-11,25-26H,12-16H2. The van der Waals surface area contributed by atoms with E-state index in [1.54, 1.807) is 0 Å². The first-order chi connectivity index (χ1) is 13.3. The minimum Gasteiger partial charge on any atom is -0.457 e. The number of benzene rings is 3. The zero-order valence-electron chi connectivity index (χ0n) is 15.2. The molecule has 0 saturated heterocycles. The second-order valence-electron chi connectivity index (χ2n) is 6.72. The number of ether oxygens (including phenoxy) is 1. The number of hydrogen-bond donors (Lipinski definition) is 2. The van der Waals surface area contributed by atoms with Crippen molar-refractivity contribution in [3.63, 3.8) is 0 Å². The van der Waals surface area contributed by atoms with Crippen LogP contribution >= 0.6 is 11.6 Å². The van der Waals surface area contributed by atoms with Crippen LogP contribution in [0.2, 0.25) is 5.02 Å². The molecule has 0 amide bonds. The first-order valence-electron chi connectivity index (χ1n) is 9.36. The Bertz CT molecular complexity index is 894. The first kappa shape index (κ1) is 17.9. The van der Waals surface area contributed by atoms with Gasteiger partial charge in [-0.05, 0) is 73.0 Å². The molecule has 0 fully saturated rings. The summed E-state index contributed by atoms with van der Waals surface area (Å²) in [6, 6.07) is 22.2. The van der Waals surface area contributed by atoms with Gasteiger partial charge >= 0.3 is 0 Å². The molecule has 0 unspecified atom stereocenters. The molecule has 2 N–H and O–H groups in total. The van der Waals surface area contributed by atoms with Crippen LogP contribution in [0.25, 0.3) is 0 Å². The van der Waals surface area contributed by atoms with Crippen LogP contribution in [0.3, 0.4) is 0 Å². The van der Waals surface area contributed by atoms with E-state index < -0.39 is 0 Å². The van der Waals surface area contributed by atoms with Gasteiger partial charge in [-0.2, -0.15) is 0 Å². The molecule has 3 aromatic carbocycles. The van der Waals surface area contributed by atoms with Gasteiger partial charge in [0.25, 0.3) is 0 Å². The minimum absolute atomic E-state index is 0.731. The van der Waals surface area contributed by atoms with Crippen molar-refractivity contribution >= 4 is 17.3 Å². The lowest BCUT2D eigenvalue weighted by Crippen LogP contribution is -2.16. The van der Waals surface area contributed by atoms with Crippen LogP contribution in [-0.4, -0.2) is 13.1 Å². The maximum absolute atomic E-state index is 6.49. The highest BCUT2D eigenvalue weighted by atomic mass is 35.5. The maximum Gasteiger partial charge on any atom is 0.127 e. The second kappa shape index (κ2) is 8.47. The molecule has 1 aliphatic heterocycles. The normalized spacial score (nSPS) is 13.5. The van der Waals surface area contributed by atoms with Crippen LogP contribution in [0.1, 0.15) is 16.7 Å². The highest BCUT2D eigenvalue weighted by Gasteiger charge is 2.14. The fraction of sp³-hybridized carbons (Fsp3) is 0.217. The van der Waals surface area contributed by atoms with Gasteiger partial charge in [0.15, 0.2) is 0 Å². The predicted octanol–water partition coefficient (Wildman–Crippen LogP) is 5.43. The molecule has 1 aliphatic rings. The third kappa shape index (κ3) is 4.44. The van der Waals surface area contributed by atoms with Gasteiger partial charge in [0.1, 0.15) is 11.5 Å². The molecule has 0 spiro atoms. The van der Waals surface area contributed by atoms with Crippen LogP contribution in [0, 0.1) is 0 Å². The molecule has 0 atom stereocenters. The number of rotatable bonds is 5. The Kier molecular flexibility index (Phi) is 5.61. The largest absolute Gasteiger partial charge is 0.457 e. The van der Waals surface area contributed by atoms with E-state index in [0.717, 1.165) is 54.7 Å². The van der Waals surface area contributed by atoms with Gasteiger partial charge in [-0.15, -0.1) is 0 Å². The summed E-state index contributed by atoms with van der Waals surface area (Å²) in [5.74, 6) is 1.68. The fourth-order valence-electron chi connectivity index (χ4n) is 3.43. The molecular formula is C23H23ClN2O. The Morgan fingerprint density at radius 1 is 0.852 bits per heavy atom. The minimum atomic E-state index is 0.731. The molecule has 0 aliphatic carbocycles. The lowest BCUT2D eigenvalue weighted by molar-refractivity contribution is 0.482. The third-order valence-electron chi connectivity index (χ3n) is 4.85. The highest BCUT2D eigenvalue weighted by Crippen LogP contribution is 2.31. The van der Waals surface area contributed by atoms with E-state index in [1.165, 1.54) is 16.7 Å². The van der Waals surface area contributed by atoms with Gasteiger partial charge in [-0.1, -0.05) is 48.0 Å². The van der Waals surface area contributed by atoms with E-state index in [0.29, 0.717) is 0 Å². The average Bonchev–Trinajstić information content (AvgIpc) is 2.95. The maximum atomic E-state index is 6.49. The SMILES string of the molecule is Clc1ccc2c(c1NCc1ccc(Oc3ccccc3)cc1)CCNCC2. The molecule has 138 valence electrons. The van der Waals surface area contributed by atoms with Gasteiger partial charge in [0, 0.05) is 6.54 Å². The Labute approximate surface area is 165 Å². The summed E-state index contributed by atoms with van der Waals surface area (Å²) in [5.41, 5.74) is 4.99. The van der Waals surface area contributed by atoms with E-state index in [1.807, 2.05) is 48.5 Å². The van der Waals surface area contributed by atoms with E-state index in [2.05, 4.69) is 28.8 Å². The van der Waals surface area contributed by atoms with Gasteiger partial charge in [0.2, 0.25) is 0 Å². The third-order valence-corrected chi connectivity index (χ3v) is 5.17. The lowest BCUT2D eigenvalue weighted by Gasteiger charge is -2.16.